The number of nitrogen functional groups attached to an aromatic ring is 1. The summed E-state index contributed by atoms with van der Waals surface area (Å²) in [6.07, 6.45) is 2.69. The van der Waals surface area contributed by atoms with Crippen molar-refractivity contribution in [3.63, 3.8) is 0 Å². The van der Waals surface area contributed by atoms with Crippen molar-refractivity contribution in [3.8, 4) is 0 Å². The van der Waals surface area contributed by atoms with Gasteiger partial charge in [-0.2, -0.15) is 4.98 Å². The van der Waals surface area contributed by atoms with Crippen molar-refractivity contribution in [2.75, 3.05) is 23.4 Å². The maximum atomic E-state index is 5.44. The average molecular weight is 263 g/mol. The molecular formula is C12H17N5S. The smallest absolute Gasteiger partial charge is 0.240 e. The molecule has 0 unspecified atom stereocenters. The summed E-state index contributed by atoms with van der Waals surface area (Å²) >= 11 is 1.62. The first kappa shape index (κ1) is 11.7. The molecule has 3 rings (SSSR count). The maximum Gasteiger partial charge on any atom is 0.240 e. The molecule has 1 fully saturated rings. The number of nitrogens with zero attached hydrogens (tertiary/aromatic N) is 3. The summed E-state index contributed by atoms with van der Waals surface area (Å²) < 4.78 is 0. The van der Waals surface area contributed by atoms with E-state index in [4.69, 9.17) is 5.84 Å². The zero-order valence-corrected chi connectivity index (χ0v) is 11.2. The Hall–Kier alpha value is -1.40. The van der Waals surface area contributed by atoms with E-state index in [-0.39, 0.29) is 0 Å². The van der Waals surface area contributed by atoms with E-state index in [2.05, 4.69) is 33.3 Å². The molecule has 2 aromatic rings. The Labute approximate surface area is 110 Å². The molecule has 3 N–H and O–H groups in total. The lowest BCUT2D eigenvalue weighted by atomic mass is 10.3. The van der Waals surface area contributed by atoms with Crippen LogP contribution in [0.5, 0.6) is 0 Å². The van der Waals surface area contributed by atoms with Crippen LogP contribution in [0, 0.1) is 5.92 Å². The van der Waals surface area contributed by atoms with Crippen LogP contribution in [0.2, 0.25) is 0 Å². The fourth-order valence-corrected chi connectivity index (χ4v) is 2.88. The summed E-state index contributed by atoms with van der Waals surface area (Å²) in [5.41, 5.74) is 2.55. The van der Waals surface area contributed by atoms with E-state index in [1.54, 1.807) is 11.3 Å². The van der Waals surface area contributed by atoms with Crippen LogP contribution in [0.25, 0.3) is 10.2 Å². The van der Waals surface area contributed by atoms with E-state index >= 15 is 0 Å². The molecule has 0 aliphatic heterocycles. The van der Waals surface area contributed by atoms with Gasteiger partial charge < -0.3 is 4.90 Å². The number of hydrogen-bond donors (Lipinski definition) is 2. The Bertz CT molecular complexity index is 548. The highest BCUT2D eigenvalue weighted by atomic mass is 32.1. The molecule has 2 heterocycles. The predicted octanol–water partition coefficient (Wildman–Crippen LogP) is 2.21. The Morgan fingerprint density at radius 1 is 1.50 bits per heavy atom. The summed E-state index contributed by atoms with van der Waals surface area (Å²) in [4.78, 5) is 12.2. The van der Waals surface area contributed by atoms with Crippen LogP contribution in [-0.2, 0) is 0 Å². The molecule has 0 bridgehead atoms. The van der Waals surface area contributed by atoms with E-state index in [1.807, 2.05) is 5.38 Å². The first-order valence-electron chi connectivity index (χ1n) is 6.28. The summed E-state index contributed by atoms with van der Waals surface area (Å²) in [6.45, 7) is 4.21. The average Bonchev–Trinajstić information content (AvgIpc) is 3.09. The van der Waals surface area contributed by atoms with Crippen molar-refractivity contribution < 1.29 is 0 Å². The fraction of sp³-hybridized carbons (Fsp3) is 0.500. The number of fused-ring (bicyclic) bond motifs is 1. The fourth-order valence-electron chi connectivity index (χ4n) is 2.12. The zero-order chi connectivity index (χ0) is 12.5. The normalized spacial score (nSPS) is 15.0. The van der Waals surface area contributed by atoms with Crippen LogP contribution < -0.4 is 16.2 Å². The molecule has 1 aliphatic rings. The minimum Gasteiger partial charge on any atom is -0.356 e. The molecule has 0 atom stereocenters. The van der Waals surface area contributed by atoms with E-state index in [9.17, 15) is 0 Å². The topological polar surface area (TPSA) is 67.1 Å². The van der Waals surface area contributed by atoms with Gasteiger partial charge in [-0.25, -0.2) is 10.8 Å². The van der Waals surface area contributed by atoms with E-state index in [0.29, 0.717) is 5.95 Å². The van der Waals surface area contributed by atoms with Crippen LogP contribution in [0.15, 0.2) is 11.4 Å². The van der Waals surface area contributed by atoms with Gasteiger partial charge in [-0.05, 0) is 37.1 Å². The van der Waals surface area contributed by atoms with Crippen molar-refractivity contribution in [1.82, 2.24) is 9.97 Å². The number of rotatable bonds is 5. The van der Waals surface area contributed by atoms with Gasteiger partial charge in [0.05, 0.1) is 5.39 Å². The molecule has 0 saturated heterocycles. The molecule has 18 heavy (non-hydrogen) atoms. The molecule has 1 aliphatic carbocycles. The van der Waals surface area contributed by atoms with Gasteiger partial charge in [0.15, 0.2) is 0 Å². The highest BCUT2D eigenvalue weighted by molar-refractivity contribution is 7.16. The first-order chi connectivity index (χ1) is 8.81. The van der Waals surface area contributed by atoms with Gasteiger partial charge in [-0.15, -0.1) is 11.3 Å². The quantitative estimate of drug-likeness (QED) is 0.639. The number of hydrogen-bond acceptors (Lipinski definition) is 6. The van der Waals surface area contributed by atoms with Gasteiger partial charge in [0.2, 0.25) is 5.95 Å². The molecule has 0 radical (unpaired) electrons. The Morgan fingerprint density at radius 3 is 3.00 bits per heavy atom. The molecular weight excluding hydrogens is 246 g/mol. The minimum absolute atomic E-state index is 0.495. The second kappa shape index (κ2) is 4.70. The third-order valence-electron chi connectivity index (χ3n) is 3.29. The standard InChI is InChI=1S/C12H17N5S/c1-2-17(7-8-3-4-8)10-9-5-6-18-11(9)15-12(14-10)16-13/h5-6,8H,2-4,7,13H2,1H3,(H,14,15,16). The van der Waals surface area contributed by atoms with Gasteiger partial charge in [0.1, 0.15) is 10.6 Å². The van der Waals surface area contributed by atoms with E-state index < -0.39 is 0 Å². The molecule has 6 heteroatoms. The Kier molecular flexibility index (Phi) is 3.05. The molecule has 96 valence electrons. The number of anilines is 2. The molecule has 0 aromatic carbocycles. The van der Waals surface area contributed by atoms with Crippen LogP contribution in [0.4, 0.5) is 11.8 Å². The number of nitrogens with two attached hydrogens (primary N) is 1. The molecule has 2 aromatic heterocycles. The van der Waals surface area contributed by atoms with Crippen LogP contribution in [0.3, 0.4) is 0 Å². The minimum atomic E-state index is 0.495. The van der Waals surface area contributed by atoms with Crippen LogP contribution in [-0.4, -0.2) is 23.1 Å². The highest BCUT2D eigenvalue weighted by Crippen LogP contribution is 2.34. The lowest BCUT2D eigenvalue weighted by Crippen LogP contribution is -2.27. The molecule has 5 nitrogen and oxygen atoms in total. The molecule has 0 spiro atoms. The lowest BCUT2D eigenvalue weighted by Gasteiger charge is -2.22. The van der Waals surface area contributed by atoms with Crippen LogP contribution >= 0.6 is 11.3 Å². The number of hydrazine groups is 1. The summed E-state index contributed by atoms with van der Waals surface area (Å²) in [5.74, 6) is 7.78. The van der Waals surface area contributed by atoms with Crippen molar-refractivity contribution in [2.24, 2.45) is 11.8 Å². The monoisotopic (exact) mass is 263 g/mol. The Balaban J connectivity index is 2.03. The van der Waals surface area contributed by atoms with Gasteiger partial charge in [0.25, 0.3) is 0 Å². The van der Waals surface area contributed by atoms with Gasteiger partial charge >= 0.3 is 0 Å². The molecule has 0 amide bonds. The zero-order valence-electron chi connectivity index (χ0n) is 10.4. The van der Waals surface area contributed by atoms with Crippen LogP contribution in [0.1, 0.15) is 19.8 Å². The lowest BCUT2D eigenvalue weighted by molar-refractivity contribution is 0.734. The van der Waals surface area contributed by atoms with E-state index in [1.165, 1.54) is 12.8 Å². The first-order valence-corrected chi connectivity index (χ1v) is 7.16. The number of nitrogens with one attached hydrogen (secondary N) is 1. The number of thiophene rings is 1. The second-order valence-electron chi connectivity index (χ2n) is 4.64. The van der Waals surface area contributed by atoms with Crippen molar-refractivity contribution in [3.05, 3.63) is 11.4 Å². The Morgan fingerprint density at radius 2 is 2.33 bits per heavy atom. The van der Waals surface area contributed by atoms with Crippen molar-refractivity contribution in [1.29, 1.82) is 0 Å². The SMILES string of the molecule is CCN(CC1CC1)c1nc(NN)nc2sccc12. The second-order valence-corrected chi connectivity index (χ2v) is 5.53. The van der Waals surface area contributed by atoms with Crippen molar-refractivity contribution >= 4 is 33.3 Å². The summed E-state index contributed by atoms with van der Waals surface area (Å²) in [5, 5.41) is 3.18. The van der Waals surface area contributed by atoms with Crippen molar-refractivity contribution in [2.45, 2.75) is 19.8 Å². The van der Waals surface area contributed by atoms with E-state index in [0.717, 1.165) is 35.0 Å². The van der Waals surface area contributed by atoms with Gasteiger partial charge in [-0.3, -0.25) is 5.43 Å². The maximum absolute atomic E-state index is 5.44. The summed E-state index contributed by atoms with van der Waals surface area (Å²) in [6, 6.07) is 2.09. The van der Waals surface area contributed by atoms with Gasteiger partial charge in [0, 0.05) is 13.1 Å². The molecule has 1 saturated carbocycles. The third-order valence-corrected chi connectivity index (χ3v) is 4.10. The summed E-state index contributed by atoms with van der Waals surface area (Å²) in [7, 11) is 0. The van der Waals surface area contributed by atoms with Gasteiger partial charge in [-0.1, -0.05) is 0 Å². The largest absolute Gasteiger partial charge is 0.356 e. The third kappa shape index (κ3) is 2.13. The predicted molar refractivity (Wildman–Crippen MR) is 75.8 cm³/mol. The highest BCUT2D eigenvalue weighted by Gasteiger charge is 2.25. The number of aromatic nitrogens is 2.